The van der Waals surface area contributed by atoms with Crippen LogP contribution in [0.25, 0.3) is 0 Å². The Hall–Kier alpha value is -1.10. The van der Waals surface area contributed by atoms with Gasteiger partial charge in [0.1, 0.15) is 0 Å². The van der Waals surface area contributed by atoms with Crippen molar-refractivity contribution in [3.05, 3.63) is 0 Å². The number of likely N-dealkylation sites (tertiary alicyclic amines) is 1. The van der Waals surface area contributed by atoms with Crippen LogP contribution in [0.3, 0.4) is 0 Å². The Labute approximate surface area is 95.3 Å². The number of amides is 2. The molecule has 1 aliphatic heterocycles. The molecule has 2 rings (SSSR count). The number of hydrazine groups is 1. The molecule has 5 nitrogen and oxygen atoms in total. The molecule has 2 amide bonds. The van der Waals surface area contributed by atoms with Gasteiger partial charge in [0, 0.05) is 13.1 Å². The molecule has 1 saturated carbocycles. The predicted octanol–water partition coefficient (Wildman–Crippen LogP) is 0.0150. The third-order valence-corrected chi connectivity index (χ3v) is 3.90. The molecule has 2 fully saturated rings. The summed E-state index contributed by atoms with van der Waals surface area (Å²) >= 11 is 0. The number of carbonyl (C=O) groups is 2. The van der Waals surface area contributed by atoms with Gasteiger partial charge in [0.15, 0.2) is 0 Å². The molecule has 2 aliphatic rings. The Balaban J connectivity index is 1.94. The smallest absolute Gasteiger partial charge is 0.323 e. The van der Waals surface area contributed by atoms with Gasteiger partial charge in [-0.05, 0) is 24.7 Å². The zero-order valence-corrected chi connectivity index (χ0v) is 9.45. The normalized spacial score (nSPS) is 29.4. The van der Waals surface area contributed by atoms with Crippen LogP contribution >= 0.6 is 0 Å². The van der Waals surface area contributed by atoms with E-state index in [1.54, 1.807) is 4.90 Å². The van der Waals surface area contributed by atoms with Crippen LogP contribution in [0.15, 0.2) is 0 Å². The number of nitrogens with zero attached hydrogens (tertiary/aromatic N) is 1. The van der Waals surface area contributed by atoms with E-state index in [0.29, 0.717) is 12.5 Å². The largest absolute Gasteiger partial charge is 0.334 e. The monoisotopic (exact) mass is 225 g/mol. The highest BCUT2D eigenvalue weighted by atomic mass is 16.2. The lowest BCUT2D eigenvalue weighted by Crippen LogP contribution is -2.51. The maximum absolute atomic E-state index is 11.6. The highest BCUT2D eigenvalue weighted by molar-refractivity contribution is 6.34. The lowest BCUT2D eigenvalue weighted by atomic mass is 9.75. The van der Waals surface area contributed by atoms with Crippen LogP contribution in [0.5, 0.6) is 0 Å². The first-order valence-electron chi connectivity index (χ1n) is 6.02. The second kappa shape index (κ2) is 4.82. The van der Waals surface area contributed by atoms with Gasteiger partial charge >= 0.3 is 11.8 Å². The number of hydrogen-bond acceptors (Lipinski definition) is 3. The van der Waals surface area contributed by atoms with Gasteiger partial charge in [0.05, 0.1) is 0 Å². The Bertz CT molecular complexity index is 293. The van der Waals surface area contributed by atoms with Crippen molar-refractivity contribution >= 4 is 11.8 Å². The summed E-state index contributed by atoms with van der Waals surface area (Å²) in [5.41, 5.74) is 1.90. The number of nitrogens with one attached hydrogen (secondary N) is 1. The summed E-state index contributed by atoms with van der Waals surface area (Å²) in [4.78, 5) is 24.4. The van der Waals surface area contributed by atoms with E-state index in [1.807, 2.05) is 5.43 Å². The summed E-state index contributed by atoms with van der Waals surface area (Å²) in [6.07, 6.45) is 6.09. The standard InChI is InChI=1S/C11H19N3O2/c12-13-10(15)11(16)14-6-5-8-3-1-2-4-9(8)7-14/h8-9H,1-7,12H2,(H,13,15). The Morgan fingerprint density at radius 1 is 1.12 bits per heavy atom. The first-order chi connectivity index (χ1) is 7.72. The molecular formula is C11H19N3O2. The number of rotatable bonds is 0. The van der Waals surface area contributed by atoms with Crippen LogP contribution in [0.4, 0.5) is 0 Å². The van der Waals surface area contributed by atoms with Crippen molar-refractivity contribution in [1.82, 2.24) is 10.3 Å². The van der Waals surface area contributed by atoms with E-state index in [2.05, 4.69) is 0 Å². The van der Waals surface area contributed by atoms with Gasteiger partial charge in [-0.25, -0.2) is 5.84 Å². The fourth-order valence-corrected chi connectivity index (χ4v) is 2.99. The number of piperidine rings is 1. The van der Waals surface area contributed by atoms with Gasteiger partial charge in [-0.15, -0.1) is 0 Å². The van der Waals surface area contributed by atoms with Gasteiger partial charge in [-0.1, -0.05) is 19.3 Å². The average Bonchev–Trinajstić information content (AvgIpc) is 2.36. The Morgan fingerprint density at radius 3 is 2.50 bits per heavy atom. The van der Waals surface area contributed by atoms with Crippen LogP contribution in [0.1, 0.15) is 32.1 Å². The first-order valence-corrected chi connectivity index (χ1v) is 6.02. The van der Waals surface area contributed by atoms with Gasteiger partial charge < -0.3 is 4.90 Å². The van der Waals surface area contributed by atoms with E-state index in [-0.39, 0.29) is 0 Å². The lowest BCUT2D eigenvalue weighted by Gasteiger charge is -2.40. The molecule has 16 heavy (non-hydrogen) atoms. The first kappa shape index (κ1) is 11.4. The topological polar surface area (TPSA) is 75.4 Å². The van der Waals surface area contributed by atoms with Crippen molar-refractivity contribution in [3.8, 4) is 0 Å². The van der Waals surface area contributed by atoms with Gasteiger partial charge in [-0.2, -0.15) is 0 Å². The molecule has 0 spiro atoms. The molecule has 0 radical (unpaired) electrons. The quantitative estimate of drug-likeness (QED) is 0.264. The van der Waals surface area contributed by atoms with Crippen molar-refractivity contribution in [2.24, 2.45) is 17.7 Å². The van der Waals surface area contributed by atoms with E-state index in [1.165, 1.54) is 25.7 Å². The molecule has 0 bridgehead atoms. The third-order valence-electron chi connectivity index (χ3n) is 3.90. The molecule has 1 heterocycles. The maximum Gasteiger partial charge on any atom is 0.323 e. The summed E-state index contributed by atoms with van der Waals surface area (Å²) in [7, 11) is 0. The molecule has 0 aromatic rings. The van der Waals surface area contributed by atoms with Crippen LogP contribution in [0, 0.1) is 11.8 Å². The molecular weight excluding hydrogens is 206 g/mol. The van der Waals surface area contributed by atoms with E-state index in [0.717, 1.165) is 18.9 Å². The van der Waals surface area contributed by atoms with Crippen LogP contribution in [-0.2, 0) is 9.59 Å². The number of fused-ring (bicyclic) bond motifs is 1. The lowest BCUT2D eigenvalue weighted by molar-refractivity contribution is -0.147. The Morgan fingerprint density at radius 2 is 1.81 bits per heavy atom. The minimum atomic E-state index is -0.700. The van der Waals surface area contributed by atoms with Gasteiger partial charge in [-0.3, -0.25) is 15.0 Å². The average molecular weight is 225 g/mol. The highest BCUT2D eigenvalue weighted by Gasteiger charge is 2.34. The van der Waals surface area contributed by atoms with Crippen molar-refractivity contribution in [3.63, 3.8) is 0 Å². The van der Waals surface area contributed by atoms with Gasteiger partial charge in [0.2, 0.25) is 0 Å². The Kier molecular flexibility index (Phi) is 3.43. The molecule has 0 aromatic carbocycles. The zero-order valence-electron chi connectivity index (χ0n) is 9.45. The van der Waals surface area contributed by atoms with E-state index in [9.17, 15) is 9.59 Å². The fourth-order valence-electron chi connectivity index (χ4n) is 2.99. The molecule has 1 saturated heterocycles. The fraction of sp³-hybridized carbons (Fsp3) is 0.818. The second-order valence-corrected chi connectivity index (χ2v) is 4.82. The van der Waals surface area contributed by atoms with Crippen molar-refractivity contribution in [2.45, 2.75) is 32.1 Å². The minimum absolute atomic E-state index is 0.480. The minimum Gasteiger partial charge on any atom is -0.334 e. The van der Waals surface area contributed by atoms with E-state index in [4.69, 9.17) is 5.84 Å². The molecule has 0 aromatic heterocycles. The van der Waals surface area contributed by atoms with Crippen molar-refractivity contribution < 1.29 is 9.59 Å². The summed E-state index contributed by atoms with van der Waals surface area (Å²) < 4.78 is 0. The van der Waals surface area contributed by atoms with Crippen LogP contribution in [0.2, 0.25) is 0 Å². The number of carbonyl (C=O) groups excluding carboxylic acids is 2. The van der Waals surface area contributed by atoms with E-state index >= 15 is 0 Å². The summed E-state index contributed by atoms with van der Waals surface area (Å²) in [5, 5.41) is 0. The summed E-state index contributed by atoms with van der Waals surface area (Å²) in [5.74, 6) is 5.14. The molecule has 1 aliphatic carbocycles. The molecule has 2 unspecified atom stereocenters. The number of hydrogen-bond donors (Lipinski definition) is 2. The molecule has 90 valence electrons. The van der Waals surface area contributed by atoms with Crippen LogP contribution in [-0.4, -0.2) is 29.8 Å². The van der Waals surface area contributed by atoms with E-state index < -0.39 is 11.8 Å². The summed E-state index contributed by atoms with van der Waals surface area (Å²) in [6, 6.07) is 0. The second-order valence-electron chi connectivity index (χ2n) is 4.82. The molecule has 2 atom stereocenters. The summed E-state index contributed by atoms with van der Waals surface area (Å²) in [6.45, 7) is 1.43. The van der Waals surface area contributed by atoms with Gasteiger partial charge in [0.25, 0.3) is 0 Å². The molecule has 3 N–H and O–H groups in total. The maximum atomic E-state index is 11.6. The van der Waals surface area contributed by atoms with Crippen molar-refractivity contribution in [1.29, 1.82) is 0 Å². The molecule has 5 heteroatoms. The number of nitrogens with two attached hydrogens (primary N) is 1. The SMILES string of the molecule is NNC(=O)C(=O)N1CCC2CCCCC2C1. The third kappa shape index (κ3) is 2.19. The highest BCUT2D eigenvalue weighted by Crippen LogP contribution is 2.35. The van der Waals surface area contributed by atoms with Crippen molar-refractivity contribution in [2.75, 3.05) is 13.1 Å². The zero-order chi connectivity index (χ0) is 11.5. The van der Waals surface area contributed by atoms with Crippen LogP contribution < -0.4 is 11.3 Å². The predicted molar refractivity (Wildman–Crippen MR) is 59.0 cm³/mol.